The molecule has 0 aliphatic carbocycles. The van der Waals surface area contributed by atoms with Crippen LogP contribution in [-0.4, -0.2) is 32.0 Å². The summed E-state index contributed by atoms with van der Waals surface area (Å²) in [5.41, 5.74) is 4.60. The van der Waals surface area contributed by atoms with Gasteiger partial charge in [0.1, 0.15) is 11.4 Å². The molecule has 6 heteroatoms. The van der Waals surface area contributed by atoms with Gasteiger partial charge in [0.15, 0.2) is 0 Å². The standard InChI is InChI=1S/C29H29N3O3/c1-20-11-16-25(35-2)24(19-20)30-27-26(21-9-5-3-6-10-21)28(33)32(29(27)34)23-14-12-22(13-15-23)31-17-7-4-8-18-31/h3,5-6,9-16,19,30H,4,7-8,17-18H2,1-2H3. The number of hydrogen-bond acceptors (Lipinski definition) is 5. The molecule has 0 unspecified atom stereocenters. The summed E-state index contributed by atoms with van der Waals surface area (Å²) < 4.78 is 5.50. The van der Waals surface area contributed by atoms with Crippen LogP contribution in [0.5, 0.6) is 5.75 Å². The molecule has 0 saturated carbocycles. The highest BCUT2D eigenvalue weighted by Gasteiger charge is 2.40. The van der Waals surface area contributed by atoms with Crippen LogP contribution >= 0.6 is 0 Å². The highest BCUT2D eigenvalue weighted by molar-refractivity contribution is 6.46. The first-order chi connectivity index (χ1) is 17.1. The normalized spacial score (nSPS) is 16.2. The molecule has 178 valence electrons. The van der Waals surface area contributed by atoms with E-state index in [2.05, 4.69) is 10.2 Å². The molecule has 1 saturated heterocycles. The lowest BCUT2D eigenvalue weighted by Gasteiger charge is -2.29. The maximum atomic E-state index is 13.7. The second-order valence-corrected chi connectivity index (χ2v) is 8.95. The van der Waals surface area contributed by atoms with Crippen molar-refractivity contribution >= 4 is 34.4 Å². The summed E-state index contributed by atoms with van der Waals surface area (Å²) in [7, 11) is 1.58. The first kappa shape index (κ1) is 22.7. The van der Waals surface area contributed by atoms with Gasteiger partial charge in [-0.2, -0.15) is 0 Å². The number of benzene rings is 3. The van der Waals surface area contributed by atoms with E-state index in [1.165, 1.54) is 24.2 Å². The highest BCUT2D eigenvalue weighted by Crippen LogP contribution is 2.36. The van der Waals surface area contributed by atoms with E-state index >= 15 is 0 Å². The Kier molecular flexibility index (Phi) is 6.27. The minimum atomic E-state index is -0.386. The van der Waals surface area contributed by atoms with Crippen molar-refractivity contribution in [2.24, 2.45) is 0 Å². The van der Waals surface area contributed by atoms with E-state index in [0.29, 0.717) is 28.3 Å². The van der Waals surface area contributed by atoms with Gasteiger partial charge in [-0.25, -0.2) is 4.90 Å². The zero-order valence-electron chi connectivity index (χ0n) is 20.1. The second kappa shape index (κ2) is 9.66. The van der Waals surface area contributed by atoms with E-state index in [9.17, 15) is 9.59 Å². The third-order valence-corrected chi connectivity index (χ3v) is 6.59. The van der Waals surface area contributed by atoms with Crippen molar-refractivity contribution in [2.45, 2.75) is 26.2 Å². The molecule has 0 aromatic heterocycles. The molecule has 2 aliphatic heterocycles. The molecule has 2 aliphatic rings. The summed E-state index contributed by atoms with van der Waals surface area (Å²) >= 11 is 0. The number of nitrogens with one attached hydrogen (secondary N) is 1. The molecule has 35 heavy (non-hydrogen) atoms. The molecule has 0 spiro atoms. The van der Waals surface area contributed by atoms with Crippen LogP contribution in [-0.2, 0) is 9.59 Å². The number of methoxy groups -OCH3 is 1. The van der Waals surface area contributed by atoms with Crippen molar-refractivity contribution in [1.29, 1.82) is 0 Å². The van der Waals surface area contributed by atoms with Crippen LogP contribution in [0.15, 0.2) is 78.5 Å². The maximum absolute atomic E-state index is 13.7. The number of aryl methyl sites for hydroxylation is 1. The van der Waals surface area contributed by atoms with Gasteiger partial charge >= 0.3 is 0 Å². The van der Waals surface area contributed by atoms with Crippen LogP contribution in [0.25, 0.3) is 5.57 Å². The number of carbonyl (C=O) groups excluding carboxylic acids is 2. The average molecular weight is 468 g/mol. The first-order valence-electron chi connectivity index (χ1n) is 12.0. The van der Waals surface area contributed by atoms with Crippen LogP contribution in [0.2, 0.25) is 0 Å². The van der Waals surface area contributed by atoms with E-state index in [0.717, 1.165) is 24.3 Å². The summed E-state index contributed by atoms with van der Waals surface area (Å²) in [4.78, 5) is 31.0. The largest absolute Gasteiger partial charge is 0.495 e. The van der Waals surface area contributed by atoms with Crippen molar-refractivity contribution < 1.29 is 14.3 Å². The predicted octanol–water partition coefficient (Wildman–Crippen LogP) is 5.39. The number of hydrogen-bond donors (Lipinski definition) is 1. The summed E-state index contributed by atoms with van der Waals surface area (Å²) in [5, 5.41) is 3.23. The number of rotatable bonds is 6. The molecular weight excluding hydrogens is 438 g/mol. The monoisotopic (exact) mass is 467 g/mol. The third-order valence-electron chi connectivity index (χ3n) is 6.59. The van der Waals surface area contributed by atoms with Gasteiger partial charge in [0, 0.05) is 18.8 Å². The quantitative estimate of drug-likeness (QED) is 0.493. The van der Waals surface area contributed by atoms with Crippen LogP contribution in [0, 0.1) is 6.92 Å². The molecule has 6 nitrogen and oxygen atoms in total. The number of piperidine rings is 1. The molecule has 2 amide bonds. The van der Waals surface area contributed by atoms with Gasteiger partial charge in [-0.3, -0.25) is 9.59 Å². The SMILES string of the molecule is COc1ccc(C)cc1NC1=C(c2ccccc2)C(=O)N(c2ccc(N3CCCCC3)cc2)C1=O. The van der Waals surface area contributed by atoms with Gasteiger partial charge in [0.05, 0.1) is 24.1 Å². The van der Waals surface area contributed by atoms with E-state index in [4.69, 9.17) is 4.74 Å². The Balaban J connectivity index is 1.52. The maximum Gasteiger partial charge on any atom is 0.282 e. The Labute approximate surface area is 205 Å². The van der Waals surface area contributed by atoms with Crippen molar-refractivity contribution in [3.8, 4) is 5.75 Å². The second-order valence-electron chi connectivity index (χ2n) is 8.95. The smallest absolute Gasteiger partial charge is 0.282 e. The van der Waals surface area contributed by atoms with Gasteiger partial charge in [-0.1, -0.05) is 36.4 Å². The number of imide groups is 1. The Morgan fingerprint density at radius 2 is 1.49 bits per heavy atom. The van der Waals surface area contributed by atoms with E-state index in [-0.39, 0.29) is 17.5 Å². The zero-order chi connectivity index (χ0) is 24.4. The molecule has 0 bridgehead atoms. The minimum Gasteiger partial charge on any atom is -0.495 e. The number of anilines is 3. The predicted molar refractivity (Wildman–Crippen MR) is 140 cm³/mol. The van der Waals surface area contributed by atoms with Gasteiger partial charge in [-0.15, -0.1) is 0 Å². The van der Waals surface area contributed by atoms with Crippen molar-refractivity contribution in [3.63, 3.8) is 0 Å². The highest BCUT2D eigenvalue weighted by atomic mass is 16.5. The Hall–Kier alpha value is -4.06. The van der Waals surface area contributed by atoms with Crippen molar-refractivity contribution in [1.82, 2.24) is 0 Å². The summed E-state index contributed by atoms with van der Waals surface area (Å²) in [6.45, 7) is 4.04. The van der Waals surface area contributed by atoms with Crippen LogP contribution in [0.4, 0.5) is 17.1 Å². The summed E-state index contributed by atoms with van der Waals surface area (Å²) in [5.74, 6) is -0.135. The van der Waals surface area contributed by atoms with Gasteiger partial charge < -0.3 is 15.0 Å². The van der Waals surface area contributed by atoms with Gasteiger partial charge in [0.2, 0.25) is 0 Å². The Morgan fingerprint density at radius 3 is 2.17 bits per heavy atom. The van der Waals surface area contributed by atoms with E-state index < -0.39 is 0 Å². The van der Waals surface area contributed by atoms with Crippen LogP contribution < -0.4 is 19.9 Å². The lowest BCUT2D eigenvalue weighted by Crippen LogP contribution is -2.32. The topological polar surface area (TPSA) is 61.9 Å². The fourth-order valence-electron chi connectivity index (χ4n) is 4.77. The molecule has 0 radical (unpaired) electrons. The number of carbonyl (C=O) groups is 2. The van der Waals surface area contributed by atoms with E-state index in [1.807, 2.05) is 79.7 Å². The third kappa shape index (κ3) is 4.39. The zero-order valence-corrected chi connectivity index (χ0v) is 20.1. The molecule has 2 heterocycles. The van der Waals surface area contributed by atoms with Crippen LogP contribution in [0.3, 0.4) is 0 Å². The van der Waals surface area contributed by atoms with Crippen molar-refractivity contribution in [3.05, 3.63) is 89.6 Å². The Morgan fingerprint density at radius 1 is 0.800 bits per heavy atom. The molecule has 1 fully saturated rings. The average Bonchev–Trinajstić information content (AvgIpc) is 3.14. The molecule has 5 rings (SSSR count). The fraction of sp³-hybridized carbons (Fsp3) is 0.241. The van der Waals surface area contributed by atoms with Crippen molar-refractivity contribution in [2.75, 3.05) is 35.3 Å². The number of nitrogens with zero attached hydrogens (tertiary/aromatic N) is 2. The fourth-order valence-corrected chi connectivity index (χ4v) is 4.77. The Bertz CT molecular complexity index is 1280. The molecule has 3 aromatic rings. The lowest BCUT2D eigenvalue weighted by molar-refractivity contribution is -0.120. The number of amides is 2. The van der Waals surface area contributed by atoms with E-state index in [1.54, 1.807) is 7.11 Å². The summed E-state index contributed by atoms with van der Waals surface area (Å²) in [6, 6.07) is 22.7. The number of ether oxygens (including phenoxy) is 1. The van der Waals surface area contributed by atoms with Crippen LogP contribution in [0.1, 0.15) is 30.4 Å². The molecule has 0 atom stereocenters. The molecule has 1 N–H and O–H groups in total. The first-order valence-corrected chi connectivity index (χ1v) is 12.0. The minimum absolute atomic E-state index is 0.241. The van der Waals surface area contributed by atoms with Gasteiger partial charge in [-0.05, 0) is 73.7 Å². The van der Waals surface area contributed by atoms with Gasteiger partial charge in [0.25, 0.3) is 11.8 Å². The molecule has 3 aromatic carbocycles. The summed E-state index contributed by atoms with van der Waals surface area (Å²) in [6.07, 6.45) is 3.64. The lowest BCUT2D eigenvalue weighted by atomic mass is 10.0. The molecular formula is C29H29N3O3.